The third kappa shape index (κ3) is 5.08. The van der Waals surface area contributed by atoms with Gasteiger partial charge in [0.15, 0.2) is 0 Å². The van der Waals surface area contributed by atoms with Crippen molar-refractivity contribution in [3.63, 3.8) is 0 Å². The van der Waals surface area contributed by atoms with Crippen molar-refractivity contribution < 1.29 is 22.7 Å². The van der Waals surface area contributed by atoms with Gasteiger partial charge in [0.2, 0.25) is 15.9 Å². The standard InChI is InChI=1S/C19H23ClN2O5S/c1-5-17(22(28(4,24)25)14-8-6-13(20)7-9-14)19(23)21-16-11-10-15(26-2)12-18(16)27-3/h6-12,17H,5H2,1-4H3,(H,21,23)/t17-/m1/s1. The fraction of sp³-hybridized carbons (Fsp3) is 0.316. The number of sulfonamides is 1. The molecule has 1 N–H and O–H groups in total. The van der Waals surface area contributed by atoms with Gasteiger partial charge < -0.3 is 14.8 Å². The molecule has 0 bridgehead atoms. The molecule has 9 heteroatoms. The number of carbonyl (C=O) groups is 1. The lowest BCUT2D eigenvalue weighted by molar-refractivity contribution is -0.117. The second kappa shape index (κ2) is 9.16. The molecule has 1 atom stereocenters. The number of nitrogens with zero attached hydrogens (tertiary/aromatic N) is 1. The van der Waals surface area contributed by atoms with Crippen LogP contribution in [0.1, 0.15) is 13.3 Å². The smallest absolute Gasteiger partial charge is 0.248 e. The van der Waals surface area contributed by atoms with Crippen LogP contribution in [0, 0.1) is 0 Å². The van der Waals surface area contributed by atoms with E-state index in [4.69, 9.17) is 21.1 Å². The van der Waals surface area contributed by atoms with Gasteiger partial charge in [-0.25, -0.2) is 8.42 Å². The van der Waals surface area contributed by atoms with Gasteiger partial charge in [-0.15, -0.1) is 0 Å². The number of hydrogen-bond donors (Lipinski definition) is 1. The van der Waals surface area contributed by atoms with Crippen LogP contribution in [0.2, 0.25) is 5.02 Å². The maximum absolute atomic E-state index is 13.0. The summed E-state index contributed by atoms with van der Waals surface area (Å²) in [4.78, 5) is 13.0. The summed E-state index contributed by atoms with van der Waals surface area (Å²) in [5.74, 6) is 0.493. The fourth-order valence-corrected chi connectivity index (χ4v) is 4.10. The molecular weight excluding hydrogens is 404 g/mol. The average molecular weight is 427 g/mol. The third-order valence-corrected chi connectivity index (χ3v) is 5.51. The number of ether oxygens (including phenoxy) is 2. The molecule has 0 aliphatic rings. The first-order chi connectivity index (χ1) is 13.2. The number of halogens is 1. The third-order valence-electron chi connectivity index (χ3n) is 4.08. The Bertz CT molecular complexity index is 932. The van der Waals surface area contributed by atoms with Gasteiger partial charge in [-0.1, -0.05) is 18.5 Å². The molecule has 0 aromatic heterocycles. The van der Waals surface area contributed by atoms with Crippen molar-refractivity contribution in [1.29, 1.82) is 0 Å². The van der Waals surface area contributed by atoms with Crippen LogP contribution in [0.25, 0.3) is 0 Å². The van der Waals surface area contributed by atoms with Gasteiger partial charge in [-0.2, -0.15) is 0 Å². The van der Waals surface area contributed by atoms with Gasteiger partial charge in [0.05, 0.1) is 31.9 Å². The predicted molar refractivity (Wildman–Crippen MR) is 111 cm³/mol. The van der Waals surface area contributed by atoms with E-state index >= 15 is 0 Å². The van der Waals surface area contributed by atoms with Crippen LogP contribution in [0.4, 0.5) is 11.4 Å². The maximum Gasteiger partial charge on any atom is 0.248 e. The number of hydrogen-bond acceptors (Lipinski definition) is 5. The van der Waals surface area contributed by atoms with Crippen molar-refractivity contribution in [2.75, 3.05) is 30.1 Å². The Kier molecular flexibility index (Phi) is 7.15. The number of methoxy groups -OCH3 is 2. The van der Waals surface area contributed by atoms with Gasteiger partial charge in [0.25, 0.3) is 0 Å². The van der Waals surface area contributed by atoms with Crippen molar-refractivity contribution >= 4 is 38.9 Å². The molecule has 28 heavy (non-hydrogen) atoms. The molecule has 0 fully saturated rings. The zero-order chi connectivity index (χ0) is 20.9. The van der Waals surface area contributed by atoms with Crippen LogP contribution < -0.4 is 19.1 Å². The Hall–Kier alpha value is -2.45. The van der Waals surface area contributed by atoms with Crippen LogP contribution in [-0.2, 0) is 14.8 Å². The lowest BCUT2D eigenvalue weighted by Gasteiger charge is -2.30. The van der Waals surface area contributed by atoms with E-state index in [9.17, 15) is 13.2 Å². The summed E-state index contributed by atoms with van der Waals surface area (Å²) in [6, 6.07) is 10.3. The second-order valence-corrected chi connectivity index (χ2v) is 8.31. The molecular formula is C19H23ClN2O5S. The second-order valence-electron chi connectivity index (χ2n) is 6.01. The van der Waals surface area contributed by atoms with Gasteiger partial charge in [-0.05, 0) is 42.8 Å². The van der Waals surface area contributed by atoms with Gasteiger partial charge in [0, 0.05) is 11.1 Å². The van der Waals surface area contributed by atoms with Gasteiger partial charge in [-0.3, -0.25) is 9.10 Å². The predicted octanol–water partition coefficient (Wildman–Crippen LogP) is 3.54. The number of anilines is 2. The largest absolute Gasteiger partial charge is 0.497 e. The molecule has 0 spiro atoms. The zero-order valence-corrected chi connectivity index (χ0v) is 17.7. The molecule has 0 unspecified atom stereocenters. The maximum atomic E-state index is 13.0. The molecule has 0 saturated carbocycles. The zero-order valence-electron chi connectivity index (χ0n) is 16.1. The summed E-state index contributed by atoms with van der Waals surface area (Å²) in [6.45, 7) is 1.74. The van der Waals surface area contributed by atoms with Crippen molar-refractivity contribution in [2.24, 2.45) is 0 Å². The molecule has 2 rings (SSSR count). The monoisotopic (exact) mass is 426 g/mol. The normalized spacial score (nSPS) is 12.2. The lowest BCUT2D eigenvalue weighted by atomic mass is 10.1. The van der Waals surface area contributed by atoms with E-state index in [1.165, 1.54) is 14.2 Å². The highest BCUT2D eigenvalue weighted by molar-refractivity contribution is 7.92. The molecule has 0 heterocycles. The number of rotatable bonds is 8. The summed E-state index contributed by atoms with van der Waals surface area (Å²) < 4.78 is 36.4. The highest BCUT2D eigenvalue weighted by atomic mass is 35.5. The molecule has 1 amide bonds. The van der Waals surface area contributed by atoms with E-state index in [-0.39, 0.29) is 6.42 Å². The first-order valence-electron chi connectivity index (χ1n) is 8.49. The summed E-state index contributed by atoms with van der Waals surface area (Å²) in [5.41, 5.74) is 0.770. The van der Waals surface area contributed by atoms with E-state index in [2.05, 4.69) is 5.32 Å². The molecule has 152 valence electrons. The van der Waals surface area contributed by atoms with Crippen LogP contribution in [0.15, 0.2) is 42.5 Å². The highest BCUT2D eigenvalue weighted by Gasteiger charge is 2.32. The first-order valence-corrected chi connectivity index (χ1v) is 10.7. The van der Waals surface area contributed by atoms with Gasteiger partial charge >= 0.3 is 0 Å². The van der Waals surface area contributed by atoms with E-state index in [0.29, 0.717) is 27.9 Å². The summed E-state index contributed by atoms with van der Waals surface area (Å²) in [7, 11) is -0.733. The van der Waals surface area contributed by atoms with Crippen LogP contribution in [-0.4, -0.2) is 40.8 Å². The molecule has 0 saturated heterocycles. The molecule has 2 aromatic rings. The fourth-order valence-electron chi connectivity index (χ4n) is 2.77. The average Bonchev–Trinajstić information content (AvgIpc) is 2.66. The molecule has 0 aliphatic carbocycles. The molecule has 0 aliphatic heterocycles. The Morgan fingerprint density at radius 2 is 1.79 bits per heavy atom. The first kappa shape index (κ1) is 21.8. The SMILES string of the molecule is CC[C@H](C(=O)Nc1ccc(OC)cc1OC)N(c1ccc(Cl)cc1)S(C)(=O)=O. The van der Waals surface area contributed by atoms with Gasteiger partial charge in [0.1, 0.15) is 17.5 Å². The van der Waals surface area contributed by atoms with Crippen molar-refractivity contribution in [3.8, 4) is 11.5 Å². The van der Waals surface area contributed by atoms with E-state index < -0.39 is 22.0 Å². The Morgan fingerprint density at radius 1 is 1.14 bits per heavy atom. The minimum atomic E-state index is -3.73. The summed E-state index contributed by atoms with van der Waals surface area (Å²) >= 11 is 5.90. The summed E-state index contributed by atoms with van der Waals surface area (Å²) in [5, 5.41) is 3.22. The Labute approximate surface area is 170 Å². The molecule has 0 radical (unpaired) electrons. The number of carbonyl (C=O) groups excluding carboxylic acids is 1. The summed E-state index contributed by atoms with van der Waals surface area (Å²) in [6.07, 6.45) is 1.32. The van der Waals surface area contributed by atoms with E-state index in [1.54, 1.807) is 49.4 Å². The Morgan fingerprint density at radius 3 is 2.29 bits per heavy atom. The number of nitrogens with one attached hydrogen (secondary N) is 1. The van der Waals surface area contributed by atoms with E-state index in [1.807, 2.05) is 0 Å². The van der Waals surface area contributed by atoms with Crippen LogP contribution >= 0.6 is 11.6 Å². The minimum absolute atomic E-state index is 0.264. The Balaban J connectivity index is 2.38. The lowest BCUT2D eigenvalue weighted by Crippen LogP contribution is -2.47. The van der Waals surface area contributed by atoms with E-state index in [0.717, 1.165) is 10.6 Å². The highest BCUT2D eigenvalue weighted by Crippen LogP contribution is 2.30. The van der Waals surface area contributed by atoms with Crippen molar-refractivity contribution in [1.82, 2.24) is 0 Å². The van der Waals surface area contributed by atoms with Crippen LogP contribution in [0.3, 0.4) is 0 Å². The quantitative estimate of drug-likeness (QED) is 0.697. The van der Waals surface area contributed by atoms with Crippen molar-refractivity contribution in [2.45, 2.75) is 19.4 Å². The topological polar surface area (TPSA) is 84.9 Å². The van der Waals surface area contributed by atoms with Crippen LogP contribution in [0.5, 0.6) is 11.5 Å². The number of benzene rings is 2. The molecule has 2 aromatic carbocycles. The van der Waals surface area contributed by atoms with Crippen molar-refractivity contribution in [3.05, 3.63) is 47.5 Å². The number of amides is 1. The molecule has 7 nitrogen and oxygen atoms in total. The minimum Gasteiger partial charge on any atom is -0.497 e.